The second-order valence-corrected chi connectivity index (χ2v) is 26.6. The number of carboxylic acids is 1. The molecule has 0 fully saturated rings. The summed E-state index contributed by atoms with van der Waals surface area (Å²) in [5, 5.41) is 11.8. The third kappa shape index (κ3) is 73.2. The van der Waals surface area contributed by atoms with Crippen LogP contribution in [0, 0.1) is 0 Å². The van der Waals surface area contributed by atoms with Crippen molar-refractivity contribution >= 4 is 17.9 Å². The molecule has 0 radical (unpaired) electrons. The first kappa shape index (κ1) is 87.0. The predicted octanol–water partition coefficient (Wildman–Crippen LogP) is 22.8. The van der Waals surface area contributed by atoms with E-state index in [1.165, 1.54) is 212 Å². The Morgan fingerprint density at radius 1 is 0.341 bits per heavy atom. The first-order valence-electron chi connectivity index (χ1n) is 38.0. The molecule has 0 rings (SSSR count). The average Bonchev–Trinajstić information content (AvgIpc) is 3.46. The maximum Gasteiger partial charge on any atom is 0.306 e. The lowest BCUT2D eigenvalue weighted by Gasteiger charge is -2.26. The number of ether oxygens (including phenoxy) is 4. The molecule has 0 bridgehead atoms. The highest BCUT2D eigenvalue weighted by Crippen LogP contribution is 2.18. The quantitative estimate of drug-likeness (QED) is 0.0195. The van der Waals surface area contributed by atoms with Gasteiger partial charge in [-0.15, -0.1) is 0 Å². The Morgan fingerprint density at radius 2 is 0.626 bits per heavy atom. The van der Waals surface area contributed by atoms with Gasteiger partial charge in [-0.1, -0.05) is 329 Å². The molecule has 0 spiro atoms. The van der Waals surface area contributed by atoms with Crippen molar-refractivity contribution in [2.45, 2.75) is 347 Å². The van der Waals surface area contributed by atoms with E-state index in [1.54, 1.807) is 0 Å². The van der Waals surface area contributed by atoms with Crippen molar-refractivity contribution < 1.29 is 42.9 Å². The first-order chi connectivity index (χ1) is 44.6. The Labute approximate surface area is 562 Å². The number of hydrogen-bond donors (Lipinski definition) is 0. The number of aliphatic carboxylic acids is 1. The zero-order valence-electron chi connectivity index (χ0n) is 59.9. The number of carbonyl (C=O) groups is 3. The molecule has 0 aromatic carbocycles. The van der Waals surface area contributed by atoms with Crippen LogP contribution in [0.25, 0.3) is 0 Å². The molecule has 0 aromatic heterocycles. The number of carbonyl (C=O) groups excluding carboxylic acids is 3. The first-order valence-corrected chi connectivity index (χ1v) is 38.0. The molecule has 0 saturated carbocycles. The summed E-state index contributed by atoms with van der Waals surface area (Å²) in [7, 11) is 5.94. The number of hydrogen-bond acceptors (Lipinski definition) is 8. The molecule has 0 N–H and O–H groups in total. The zero-order chi connectivity index (χ0) is 66.1. The highest BCUT2D eigenvalue weighted by atomic mass is 16.7. The van der Waals surface area contributed by atoms with Gasteiger partial charge in [0.25, 0.3) is 0 Å². The Hall–Kier alpha value is -4.05. The molecule has 0 heterocycles. The van der Waals surface area contributed by atoms with E-state index < -0.39 is 24.3 Å². The minimum atomic E-state index is -1.63. The van der Waals surface area contributed by atoms with Gasteiger partial charge in [0.1, 0.15) is 13.2 Å². The molecule has 0 saturated heterocycles. The summed E-state index contributed by atoms with van der Waals surface area (Å²) in [6.45, 7) is 4.67. The Morgan fingerprint density at radius 3 is 0.945 bits per heavy atom. The molecule has 524 valence electrons. The van der Waals surface area contributed by atoms with E-state index >= 15 is 0 Å². The molecule has 0 aliphatic carbocycles. The van der Waals surface area contributed by atoms with Gasteiger partial charge in [-0.2, -0.15) is 0 Å². The molecule has 0 amide bonds. The second kappa shape index (κ2) is 71.8. The number of carboxylic acid groups (broad SMARTS) is 1. The third-order valence-electron chi connectivity index (χ3n) is 16.5. The fraction of sp³-hybridized carbons (Fsp3) is 0.744. The molecule has 2 unspecified atom stereocenters. The van der Waals surface area contributed by atoms with Gasteiger partial charge in [-0.3, -0.25) is 9.59 Å². The molecule has 0 aromatic rings. The lowest BCUT2D eigenvalue weighted by atomic mass is 10.0. The standard InChI is InChI=1S/C82H143NO8/c1-6-8-10-12-14-16-18-20-22-24-26-28-30-32-34-35-36-37-38-39-40-41-42-43-44-45-47-49-51-53-55-57-59-61-63-65-67-69-71-73-80(85)91-78(77-90-82(81(86)87)88-75-74-83(3,4)5)76-89-79(84)72-70-68-66-64-62-60-58-56-54-52-50-48-46-33-31-29-27-25-23-21-19-17-15-13-11-9-7-2/h8,10,14,16,20,22,25-28,32,34,36-37,39-40,42-43,78,82H,6-7,9,11-13,15,17-19,21,23-24,29-31,33,35,38,41,44-77H2,1-5H3/b10-8-,16-14-,22-20-,27-25-,28-26-,34-32-,37-36-,40-39-,43-42-. The summed E-state index contributed by atoms with van der Waals surface area (Å²) in [6, 6.07) is 0. The monoisotopic (exact) mass is 1270 g/mol. The lowest BCUT2D eigenvalue weighted by molar-refractivity contribution is -0.870. The number of allylic oxidation sites excluding steroid dienone is 18. The second-order valence-electron chi connectivity index (χ2n) is 26.6. The molecule has 9 heteroatoms. The van der Waals surface area contributed by atoms with Gasteiger partial charge < -0.3 is 33.3 Å². The number of unbranched alkanes of at least 4 members (excludes halogenated alkanes) is 37. The summed E-state index contributed by atoms with van der Waals surface area (Å²) in [5.41, 5.74) is 0. The van der Waals surface area contributed by atoms with Gasteiger partial charge in [0.15, 0.2) is 12.4 Å². The van der Waals surface area contributed by atoms with Crippen molar-refractivity contribution in [3.05, 3.63) is 109 Å². The fourth-order valence-electron chi connectivity index (χ4n) is 10.7. The summed E-state index contributed by atoms with van der Waals surface area (Å²) in [4.78, 5) is 37.6. The number of likely N-dealkylation sites (N-methyl/N-ethyl adjacent to an activating group) is 1. The van der Waals surface area contributed by atoms with E-state index in [2.05, 4.69) is 123 Å². The van der Waals surface area contributed by atoms with Crippen LogP contribution in [0.2, 0.25) is 0 Å². The van der Waals surface area contributed by atoms with Gasteiger partial charge in [0.05, 0.1) is 40.3 Å². The number of rotatable bonds is 70. The topological polar surface area (TPSA) is 111 Å². The largest absolute Gasteiger partial charge is 0.545 e. The van der Waals surface area contributed by atoms with E-state index in [1.807, 2.05) is 21.1 Å². The summed E-state index contributed by atoms with van der Waals surface area (Å²) >= 11 is 0. The fourth-order valence-corrected chi connectivity index (χ4v) is 10.7. The zero-order valence-corrected chi connectivity index (χ0v) is 59.9. The summed E-state index contributed by atoms with van der Waals surface area (Å²) in [6.07, 6.45) is 97.6. The van der Waals surface area contributed by atoms with E-state index in [-0.39, 0.29) is 32.2 Å². The van der Waals surface area contributed by atoms with E-state index in [4.69, 9.17) is 18.9 Å². The van der Waals surface area contributed by atoms with E-state index in [0.29, 0.717) is 23.9 Å². The maximum absolute atomic E-state index is 13.0. The Balaban J connectivity index is 4.07. The van der Waals surface area contributed by atoms with Crippen LogP contribution in [-0.4, -0.2) is 82.3 Å². The van der Waals surface area contributed by atoms with Crippen molar-refractivity contribution in [3.8, 4) is 0 Å². The highest BCUT2D eigenvalue weighted by Gasteiger charge is 2.22. The molecule has 0 aliphatic heterocycles. The Bertz CT molecular complexity index is 1870. The number of nitrogens with zero attached hydrogens (tertiary/aromatic N) is 1. The highest BCUT2D eigenvalue weighted by molar-refractivity contribution is 5.70. The van der Waals surface area contributed by atoms with Crippen molar-refractivity contribution in [3.63, 3.8) is 0 Å². The molecular formula is C82H143NO8. The third-order valence-corrected chi connectivity index (χ3v) is 16.5. The molecule has 2 atom stereocenters. The van der Waals surface area contributed by atoms with Gasteiger partial charge in [0.2, 0.25) is 0 Å². The molecule has 91 heavy (non-hydrogen) atoms. The maximum atomic E-state index is 13.0. The van der Waals surface area contributed by atoms with Crippen LogP contribution in [0.4, 0.5) is 0 Å². The minimum absolute atomic E-state index is 0.146. The summed E-state index contributed by atoms with van der Waals surface area (Å²) in [5.74, 6) is -2.27. The van der Waals surface area contributed by atoms with Crippen molar-refractivity contribution in [2.75, 3.05) is 47.5 Å². The SMILES string of the molecule is CC/C=C\C/C=C\C/C=C\C/C=C\C/C=C\C/C=C\C/C=C\C/C=C\CCCCCCCCCCCCCCCCC(=O)OC(COC(=O)CCCCCCCCCCCCCCCCC/C=C\CCCCCCCCCC)COC(OCC[N+](C)(C)C)C(=O)[O-]. The van der Waals surface area contributed by atoms with Crippen LogP contribution in [0.5, 0.6) is 0 Å². The minimum Gasteiger partial charge on any atom is -0.545 e. The van der Waals surface area contributed by atoms with Gasteiger partial charge >= 0.3 is 11.9 Å². The van der Waals surface area contributed by atoms with Crippen molar-refractivity contribution in [1.29, 1.82) is 0 Å². The summed E-state index contributed by atoms with van der Waals surface area (Å²) < 4.78 is 22.8. The van der Waals surface area contributed by atoms with Gasteiger partial charge in [-0.05, 0) is 103 Å². The average molecular weight is 1270 g/mol. The van der Waals surface area contributed by atoms with Crippen LogP contribution in [0.1, 0.15) is 335 Å². The molecule has 9 nitrogen and oxygen atoms in total. The normalized spacial score (nSPS) is 13.3. The molecular weight excluding hydrogens is 1130 g/mol. The van der Waals surface area contributed by atoms with Crippen molar-refractivity contribution in [2.24, 2.45) is 0 Å². The van der Waals surface area contributed by atoms with Crippen LogP contribution in [0.15, 0.2) is 109 Å². The Kier molecular flexibility index (Phi) is 68.6. The van der Waals surface area contributed by atoms with E-state index in [9.17, 15) is 19.5 Å². The van der Waals surface area contributed by atoms with Crippen molar-refractivity contribution in [1.82, 2.24) is 0 Å². The number of esters is 2. The van der Waals surface area contributed by atoms with Crippen LogP contribution in [-0.2, 0) is 33.3 Å². The van der Waals surface area contributed by atoms with Crippen LogP contribution < -0.4 is 5.11 Å². The lowest BCUT2D eigenvalue weighted by Crippen LogP contribution is -2.44. The van der Waals surface area contributed by atoms with Gasteiger partial charge in [-0.25, -0.2) is 0 Å². The van der Waals surface area contributed by atoms with Crippen LogP contribution in [0.3, 0.4) is 0 Å². The smallest absolute Gasteiger partial charge is 0.306 e. The van der Waals surface area contributed by atoms with E-state index in [0.717, 1.165) is 89.9 Å². The number of quaternary nitrogens is 1. The van der Waals surface area contributed by atoms with Crippen LogP contribution >= 0.6 is 0 Å². The predicted molar refractivity (Wildman–Crippen MR) is 389 cm³/mol. The molecule has 0 aliphatic rings. The van der Waals surface area contributed by atoms with Gasteiger partial charge in [0, 0.05) is 12.8 Å².